The molecule has 0 saturated carbocycles. The number of likely N-dealkylation sites (N-methyl/N-ethyl adjacent to an activating group) is 1. The van der Waals surface area contributed by atoms with E-state index in [1.54, 1.807) is 11.3 Å². The number of aldehydes is 2. The number of rotatable bonds is 5. The molecule has 7 heteroatoms. The van der Waals surface area contributed by atoms with Crippen molar-refractivity contribution in [3.63, 3.8) is 0 Å². The first-order valence-corrected chi connectivity index (χ1v) is 12.9. The summed E-state index contributed by atoms with van der Waals surface area (Å²) >= 11 is 1.70. The van der Waals surface area contributed by atoms with E-state index in [1.807, 2.05) is 61.1 Å². The molecule has 1 aromatic carbocycles. The number of nitrogens with two attached hydrogens (primary N) is 1. The van der Waals surface area contributed by atoms with Gasteiger partial charge < -0.3 is 20.6 Å². The van der Waals surface area contributed by atoms with Gasteiger partial charge in [0.05, 0.1) is 22.1 Å². The van der Waals surface area contributed by atoms with Crippen LogP contribution in [0, 0.1) is 12.3 Å². The van der Waals surface area contributed by atoms with Gasteiger partial charge in [-0.25, -0.2) is 4.98 Å². The van der Waals surface area contributed by atoms with Crippen LogP contribution in [0.25, 0.3) is 10.4 Å². The van der Waals surface area contributed by atoms with Crippen LogP contribution in [0.4, 0.5) is 0 Å². The Balaban J connectivity index is 0. The molecule has 1 fully saturated rings. The fourth-order valence-electron chi connectivity index (χ4n) is 2.92. The predicted molar refractivity (Wildman–Crippen MR) is 148 cm³/mol. The van der Waals surface area contributed by atoms with E-state index in [1.165, 1.54) is 29.5 Å². The summed E-state index contributed by atoms with van der Waals surface area (Å²) in [6, 6.07) is 8.85. The molecule has 2 heterocycles. The summed E-state index contributed by atoms with van der Waals surface area (Å²) in [6.45, 7) is 14.2. The van der Waals surface area contributed by atoms with E-state index >= 15 is 0 Å². The maximum atomic E-state index is 10.2. The summed E-state index contributed by atoms with van der Waals surface area (Å²) in [7, 11) is 5.45. The Morgan fingerprint density at radius 1 is 1.18 bits per heavy atom. The zero-order chi connectivity index (χ0) is 26.6. The maximum absolute atomic E-state index is 10.2. The Morgan fingerprint density at radius 2 is 1.76 bits per heavy atom. The third kappa shape index (κ3) is 15.1. The molecule has 2 aromatic rings. The van der Waals surface area contributed by atoms with E-state index in [9.17, 15) is 9.59 Å². The second-order valence-electron chi connectivity index (χ2n) is 8.75. The van der Waals surface area contributed by atoms with Crippen molar-refractivity contribution < 1.29 is 9.59 Å². The van der Waals surface area contributed by atoms with Gasteiger partial charge in [0.15, 0.2) is 0 Å². The lowest BCUT2D eigenvalue weighted by molar-refractivity contribution is -0.111. The van der Waals surface area contributed by atoms with Crippen LogP contribution >= 0.6 is 11.3 Å². The molecular formula is C27H48N4O2S. The predicted octanol–water partition coefficient (Wildman–Crippen LogP) is 5.34. The van der Waals surface area contributed by atoms with Gasteiger partial charge in [-0.1, -0.05) is 58.9 Å². The Morgan fingerprint density at radius 3 is 2.06 bits per heavy atom. The number of aromatic nitrogens is 1. The van der Waals surface area contributed by atoms with Crippen molar-refractivity contribution in [2.24, 2.45) is 11.1 Å². The van der Waals surface area contributed by atoms with Crippen LogP contribution in [0.1, 0.15) is 65.1 Å². The van der Waals surface area contributed by atoms with Crippen LogP contribution in [0.15, 0.2) is 29.8 Å². The van der Waals surface area contributed by atoms with Crippen molar-refractivity contribution in [2.45, 2.75) is 73.4 Å². The number of aryl methyl sites for hydroxylation is 1. The molecular weight excluding hydrogens is 444 g/mol. The van der Waals surface area contributed by atoms with Crippen LogP contribution in [-0.4, -0.2) is 56.2 Å². The van der Waals surface area contributed by atoms with Crippen molar-refractivity contribution in [3.05, 3.63) is 41.0 Å². The molecule has 0 aliphatic carbocycles. The summed E-state index contributed by atoms with van der Waals surface area (Å²) in [5.41, 5.74) is 10.3. The van der Waals surface area contributed by atoms with Crippen molar-refractivity contribution in [3.8, 4) is 10.4 Å². The summed E-state index contributed by atoms with van der Waals surface area (Å²) in [6.07, 6.45) is 4.89. The van der Waals surface area contributed by atoms with Crippen molar-refractivity contribution in [1.82, 2.24) is 15.2 Å². The molecule has 1 aliphatic heterocycles. The number of hydrogen-bond donors (Lipinski definition) is 2. The van der Waals surface area contributed by atoms with Gasteiger partial charge >= 0.3 is 0 Å². The van der Waals surface area contributed by atoms with E-state index in [-0.39, 0.29) is 11.5 Å². The molecule has 1 aromatic heterocycles. The lowest BCUT2D eigenvalue weighted by atomic mass is 9.93. The molecule has 0 amide bonds. The fraction of sp³-hybridized carbons (Fsp3) is 0.593. The van der Waals surface area contributed by atoms with Crippen LogP contribution < -0.4 is 11.1 Å². The highest BCUT2D eigenvalue weighted by atomic mass is 32.1. The van der Waals surface area contributed by atoms with Crippen molar-refractivity contribution >= 4 is 23.9 Å². The minimum Gasteiger partial charge on any atom is -0.333 e. The average Bonchev–Trinajstić information content (AvgIpc) is 3.45. The smallest absolute Gasteiger partial charge is 0.137 e. The Hall–Kier alpha value is -1.93. The number of carbonyl (C=O) groups is 2. The number of hydrogen-bond acceptors (Lipinski definition) is 7. The van der Waals surface area contributed by atoms with Crippen LogP contribution in [0.3, 0.4) is 0 Å². The molecule has 6 nitrogen and oxygen atoms in total. The number of thiazole rings is 1. The van der Waals surface area contributed by atoms with E-state index in [0.717, 1.165) is 37.8 Å². The third-order valence-electron chi connectivity index (χ3n) is 4.77. The summed E-state index contributed by atoms with van der Waals surface area (Å²) in [5.74, 6) is 0. The molecule has 1 unspecified atom stereocenters. The summed E-state index contributed by atoms with van der Waals surface area (Å²) in [4.78, 5) is 27.6. The third-order valence-corrected chi connectivity index (χ3v) is 5.75. The molecule has 34 heavy (non-hydrogen) atoms. The number of nitrogens with zero attached hydrogens (tertiary/aromatic N) is 2. The topological polar surface area (TPSA) is 88.3 Å². The molecule has 0 bridgehead atoms. The maximum Gasteiger partial charge on any atom is 0.137 e. The number of likely N-dealkylation sites (tertiary alicyclic amines) is 1. The molecule has 1 aliphatic rings. The van der Waals surface area contributed by atoms with Crippen molar-refractivity contribution in [1.29, 1.82) is 0 Å². The molecule has 3 rings (SSSR count). The van der Waals surface area contributed by atoms with Gasteiger partial charge in [0, 0.05) is 13.0 Å². The van der Waals surface area contributed by atoms with E-state index < -0.39 is 0 Å². The highest BCUT2D eigenvalue weighted by Crippen LogP contribution is 2.27. The van der Waals surface area contributed by atoms with Crippen LogP contribution in [0.2, 0.25) is 0 Å². The summed E-state index contributed by atoms with van der Waals surface area (Å²) in [5, 5.41) is 3.14. The van der Waals surface area contributed by atoms with E-state index in [4.69, 9.17) is 0 Å². The lowest BCUT2D eigenvalue weighted by Crippen LogP contribution is -2.25. The number of benzene rings is 1. The second-order valence-corrected chi connectivity index (χ2v) is 9.61. The quantitative estimate of drug-likeness (QED) is 0.548. The van der Waals surface area contributed by atoms with Gasteiger partial charge in [0.2, 0.25) is 0 Å². The minimum atomic E-state index is 0.182. The van der Waals surface area contributed by atoms with Gasteiger partial charge in [-0.2, -0.15) is 0 Å². The molecule has 194 valence electrons. The number of nitrogens with one attached hydrogen (secondary N) is 1. The average molecular weight is 493 g/mol. The second kappa shape index (κ2) is 20.4. The molecule has 1 saturated heterocycles. The highest BCUT2D eigenvalue weighted by Gasteiger charge is 2.18. The fourth-order valence-corrected chi connectivity index (χ4v) is 3.73. The monoisotopic (exact) mass is 492 g/mol. The van der Waals surface area contributed by atoms with Gasteiger partial charge in [-0.05, 0) is 64.0 Å². The minimum absolute atomic E-state index is 0.182. The van der Waals surface area contributed by atoms with Gasteiger partial charge in [0.25, 0.3) is 0 Å². The normalized spacial score (nSPS) is 14.6. The molecule has 3 N–H and O–H groups in total. The Bertz CT molecular complexity index is 755. The lowest BCUT2D eigenvalue weighted by Gasteiger charge is -2.11. The zero-order valence-electron chi connectivity index (χ0n) is 22.9. The molecule has 0 radical (unpaired) electrons. The SMILES string of the molecule is CC.CC(C)(C)CC=O.CN.CN1CCCC1C=O.CNCc1ccc(-c2scnc2C)cc1. The van der Waals surface area contributed by atoms with Gasteiger partial charge in [0.1, 0.15) is 12.6 Å². The summed E-state index contributed by atoms with van der Waals surface area (Å²) < 4.78 is 0. The van der Waals surface area contributed by atoms with Crippen LogP contribution in [0.5, 0.6) is 0 Å². The largest absolute Gasteiger partial charge is 0.333 e. The Labute approximate surface area is 212 Å². The van der Waals surface area contributed by atoms with Crippen LogP contribution in [-0.2, 0) is 16.1 Å². The van der Waals surface area contributed by atoms with E-state index in [0.29, 0.717) is 6.42 Å². The van der Waals surface area contributed by atoms with Crippen molar-refractivity contribution in [2.75, 3.05) is 27.7 Å². The highest BCUT2D eigenvalue weighted by molar-refractivity contribution is 7.13. The first-order chi connectivity index (χ1) is 16.2. The number of carbonyl (C=O) groups excluding carboxylic acids is 2. The molecule has 0 spiro atoms. The van der Waals surface area contributed by atoms with Gasteiger partial charge in [-0.3, -0.25) is 4.90 Å². The first kappa shape index (κ1) is 34.2. The van der Waals surface area contributed by atoms with E-state index in [2.05, 4.69) is 45.2 Å². The van der Waals surface area contributed by atoms with Gasteiger partial charge in [-0.15, -0.1) is 11.3 Å². The Kier molecular flexibility index (Phi) is 20.6. The zero-order valence-corrected chi connectivity index (χ0v) is 23.7. The standard InChI is InChI=1S/C12H14N2S.C6H11NO.C6H12O.C2H6.CH5N/c1-9-12(15-8-14-9)11-5-3-10(4-6-11)7-13-2;1-7-4-2-3-6(7)5-8;1-6(2,3)4-5-7;2*1-2/h3-6,8,13H,7H2,1-2H3;5-6H,2-4H2,1H3;5H,4H2,1-3H3;1-2H3;2H2,1H3. The molecule has 1 atom stereocenters. The first-order valence-electron chi connectivity index (χ1n) is 12.0.